The van der Waals surface area contributed by atoms with E-state index in [0.29, 0.717) is 18.8 Å². The third-order valence-electron chi connectivity index (χ3n) is 2.49. The summed E-state index contributed by atoms with van der Waals surface area (Å²) in [5.41, 5.74) is 0.240. The van der Waals surface area contributed by atoms with E-state index in [4.69, 9.17) is 9.84 Å². The van der Waals surface area contributed by atoms with Crippen LogP contribution in [0.5, 0.6) is 0 Å². The fraction of sp³-hybridized carbons (Fsp3) is 0.273. The van der Waals surface area contributed by atoms with Crippen LogP contribution in [0.1, 0.15) is 0 Å². The quantitative estimate of drug-likeness (QED) is 0.833. The molecule has 6 nitrogen and oxygen atoms in total. The van der Waals surface area contributed by atoms with Crippen LogP contribution in [0.2, 0.25) is 0 Å². The Bertz CT molecular complexity index is 492. The number of morpholine rings is 1. The second-order valence-corrected chi connectivity index (χ2v) is 3.69. The van der Waals surface area contributed by atoms with Crippen LogP contribution in [-0.2, 0) is 9.53 Å². The van der Waals surface area contributed by atoms with E-state index < -0.39 is 11.9 Å². The summed E-state index contributed by atoms with van der Waals surface area (Å²) in [6.07, 6.45) is -1.34. The first-order valence-corrected chi connectivity index (χ1v) is 5.25. The van der Waals surface area contributed by atoms with Gasteiger partial charge in [-0.3, -0.25) is 10.1 Å². The number of carbonyl (C=O) groups excluding carboxylic acids is 1. The maximum atomic E-state index is 13.6. The first kappa shape index (κ1) is 12.3. The molecule has 0 aromatic heterocycles. The van der Waals surface area contributed by atoms with Crippen molar-refractivity contribution in [1.29, 1.82) is 0 Å². The zero-order valence-electron chi connectivity index (χ0n) is 9.35. The SMILES string of the molecule is O=C(O)Nc1ccc(N2CCOCC2=O)cc1F. The van der Waals surface area contributed by atoms with Crippen molar-refractivity contribution in [2.24, 2.45) is 0 Å². The number of rotatable bonds is 2. The van der Waals surface area contributed by atoms with E-state index in [1.165, 1.54) is 17.0 Å². The Morgan fingerprint density at radius 1 is 1.50 bits per heavy atom. The number of anilines is 2. The smallest absolute Gasteiger partial charge is 0.409 e. The number of carboxylic acid groups (broad SMARTS) is 1. The standard InChI is InChI=1S/C11H11FN2O4/c12-8-5-7(1-2-9(8)13-11(16)17)14-3-4-18-6-10(14)15/h1-2,5,13H,3-4,6H2,(H,16,17). The number of hydrogen-bond acceptors (Lipinski definition) is 3. The van der Waals surface area contributed by atoms with Gasteiger partial charge in [0.1, 0.15) is 12.4 Å². The molecule has 1 aliphatic heterocycles. The molecule has 1 aliphatic rings. The zero-order chi connectivity index (χ0) is 13.1. The highest BCUT2D eigenvalue weighted by Crippen LogP contribution is 2.23. The van der Waals surface area contributed by atoms with Gasteiger partial charge in [-0.1, -0.05) is 0 Å². The maximum Gasteiger partial charge on any atom is 0.409 e. The number of halogens is 1. The molecule has 1 aromatic rings. The van der Waals surface area contributed by atoms with Crippen molar-refractivity contribution in [2.45, 2.75) is 0 Å². The molecule has 1 aromatic carbocycles. The Hall–Kier alpha value is -2.15. The third kappa shape index (κ3) is 2.57. The van der Waals surface area contributed by atoms with E-state index in [2.05, 4.69) is 0 Å². The van der Waals surface area contributed by atoms with Gasteiger partial charge in [0, 0.05) is 12.2 Å². The summed E-state index contributed by atoms with van der Waals surface area (Å²) in [4.78, 5) is 23.3. The van der Waals surface area contributed by atoms with Gasteiger partial charge in [-0.2, -0.15) is 0 Å². The molecule has 0 aliphatic carbocycles. The predicted molar refractivity (Wildman–Crippen MR) is 61.2 cm³/mol. The number of hydrogen-bond donors (Lipinski definition) is 2. The van der Waals surface area contributed by atoms with Gasteiger partial charge in [0.15, 0.2) is 0 Å². The normalized spacial score (nSPS) is 15.6. The Balaban J connectivity index is 2.22. The Morgan fingerprint density at radius 3 is 2.89 bits per heavy atom. The summed E-state index contributed by atoms with van der Waals surface area (Å²) in [7, 11) is 0. The van der Waals surface area contributed by atoms with E-state index in [-0.39, 0.29) is 18.2 Å². The lowest BCUT2D eigenvalue weighted by Crippen LogP contribution is -2.41. The van der Waals surface area contributed by atoms with E-state index in [1.54, 1.807) is 0 Å². The van der Waals surface area contributed by atoms with Crippen molar-refractivity contribution in [3.63, 3.8) is 0 Å². The summed E-state index contributed by atoms with van der Waals surface area (Å²) in [6, 6.07) is 3.88. The third-order valence-corrected chi connectivity index (χ3v) is 2.49. The van der Waals surface area contributed by atoms with Crippen LogP contribution in [-0.4, -0.2) is 36.9 Å². The fourth-order valence-electron chi connectivity index (χ4n) is 1.68. The van der Waals surface area contributed by atoms with Crippen molar-refractivity contribution in [3.05, 3.63) is 24.0 Å². The first-order valence-electron chi connectivity index (χ1n) is 5.25. The van der Waals surface area contributed by atoms with Gasteiger partial charge in [-0.05, 0) is 18.2 Å². The summed E-state index contributed by atoms with van der Waals surface area (Å²) in [6.45, 7) is 0.712. The monoisotopic (exact) mass is 254 g/mol. The molecule has 0 saturated carbocycles. The lowest BCUT2D eigenvalue weighted by molar-refractivity contribution is -0.125. The number of benzene rings is 1. The van der Waals surface area contributed by atoms with Gasteiger partial charge >= 0.3 is 6.09 Å². The molecular weight excluding hydrogens is 243 g/mol. The Morgan fingerprint density at radius 2 is 2.28 bits per heavy atom. The van der Waals surface area contributed by atoms with Gasteiger partial charge in [0.2, 0.25) is 0 Å². The lowest BCUT2D eigenvalue weighted by Gasteiger charge is -2.27. The summed E-state index contributed by atoms with van der Waals surface area (Å²) >= 11 is 0. The largest absolute Gasteiger partial charge is 0.465 e. The summed E-state index contributed by atoms with van der Waals surface area (Å²) in [5.74, 6) is -0.978. The molecule has 0 radical (unpaired) electrons. The van der Waals surface area contributed by atoms with E-state index in [0.717, 1.165) is 6.07 Å². The molecule has 2 rings (SSSR count). The molecule has 0 unspecified atom stereocenters. The topological polar surface area (TPSA) is 78.9 Å². The summed E-state index contributed by atoms with van der Waals surface area (Å²) in [5, 5.41) is 10.4. The molecule has 1 heterocycles. The molecule has 1 saturated heterocycles. The highest BCUT2D eigenvalue weighted by atomic mass is 19.1. The molecule has 0 atom stereocenters. The minimum Gasteiger partial charge on any atom is -0.465 e. The van der Waals surface area contributed by atoms with Crippen LogP contribution in [0.3, 0.4) is 0 Å². The number of nitrogens with one attached hydrogen (secondary N) is 1. The molecule has 0 spiro atoms. The highest BCUT2D eigenvalue weighted by Gasteiger charge is 2.21. The molecular formula is C11H11FN2O4. The van der Waals surface area contributed by atoms with Crippen LogP contribution in [0.25, 0.3) is 0 Å². The number of amides is 2. The second kappa shape index (κ2) is 5.01. The minimum atomic E-state index is -1.34. The van der Waals surface area contributed by atoms with E-state index in [1.807, 2.05) is 5.32 Å². The van der Waals surface area contributed by atoms with Crippen molar-refractivity contribution < 1.29 is 23.8 Å². The number of ether oxygens (including phenoxy) is 1. The first-order chi connectivity index (χ1) is 8.58. The minimum absolute atomic E-state index is 0.0310. The Labute approximate surface area is 102 Å². The molecule has 18 heavy (non-hydrogen) atoms. The van der Waals surface area contributed by atoms with E-state index in [9.17, 15) is 14.0 Å². The van der Waals surface area contributed by atoms with Gasteiger partial charge in [-0.15, -0.1) is 0 Å². The highest BCUT2D eigenvalue weighted by molar-refractivity contribution is 5.95. The molecule has 96 valence electrons. The van der Waals surface area contributed by atoms with Crippen LogP contribution in [0.4, 0.5) is 20.6 Å². The van der Waals surface area contributed by atoms with Gasteiger partial charge in [0.05, 0.1) is 12.3 Å². The predicted octanol–water partition coefficient (Wildman–Crippen LogP) is 1.28. The van der Waals surface area contributed by atoms with Crippen molar-refractivity contribution in [1.82, 2.24) is 0 Å². The molecule has 2 amide bonds. The molecule has 2 N–H and O–H groups in total. The zero-order valence-corrected chi connectivity index (χ0v) is 9.35. The second-order valence-electron chi connectivity index (χ2n) is 3.69. The van der Waals surface area contributed by atoms with Crippen LogP contribution in [0.15, 0.2) is 18.2 Å². The van der Waals surface area contributed by atoms with Gasteiger partial charge in [-0.25, -0.2) is 9.18 Å². The van der Waals surface area contributed by atoms with Gasteiger partial charge < -0.3 is 14.7 Å². The van der Waals surface area contributed by atoms with Crippen LogP contribution >= 0.6 is 0 Å². The van der Waals surface area contributed by atoms with Crippen LogP contribution in [0, 0.1) is 5.82 Å². The number of carbonyl (C=O) groups is 2. The van der Waals surface area contributed by atoms with Crippen molar-refractivity contribution >= 4 is 23.4 Å². The summed E-state index contributed by atoms with van der Waals surface area (Å²) < 4.78 is 18.6. The van der Waals surface area contributed by atoms with Crippen molar-refractivity contribution in [3.8, 4) is 0 Å². The average Bonchev–Trinajstić information content (AvgIpc) is 2.32. The van der Waals surface area contributed by atoms with E-state index >= 15 is 0 Å². The molecule has 1 fully saturated rings. The lowest BCUT2D eigenvalue weighted by atomic mass is 10.2. The van der Waals surface area contributed by atoms with Gasteiger partial charge in [0.25, 0.3) is 5.91 Å². The fourth-order valence-corrected chi connectivity index (χ4v) is 1.68. The van der Waals surface area contributed by atoms with Crippen LogP contribution < -0.4 is 10.2 Å². The molecule has 7 heteroatoms. The average molecular weight is 254 g/mol. The maximum absolute atomic E-state index is 13.6. The Kier molecular flexibility index (Phi) is 3.42. The van der Waals surface area contributed by atoms with Crippen molar-refractivity contribution in [2.75, 3.05) is 30.0 Å². The molecule has 0 bridgehead atoms. The number of nitrogens with zero attached hydrogens (tertiary/aromatic N) is 1.